The van der Waals surface area contributed by atoms with Crippen molar-refractivity contribution in [3.05, 3.63) is 123 Å². The molecule has 34 nitrogen and oxygen atoms in total. The molecule has 2 amide bonds. The molecular formula is C78H132N15O19P5. The van der Waals surface area contributed by atoms with Crippen molar-refractivity contribution in [1.29, 1.82) is 0 Å². The second-order valence-electron chi connectivity index (χ2n) is 33.2. The van der Waals surface area contributed by atoms with E-state index in [1.54, 1.807) is 83.0 Å². The van der Waals surface area contributed by atoms with E-state index >= 15 is 0 Å². The number of aliphatic imine (C=N–C) groups is 5. The molecule has 0 radical (unpaired) electrons. The number of rotatable bonds is 24. The highest BCUT2D eigenvalue weighted by molar-refractivity contribution is 7.73. The van der Waals surface area contributed by atoms with Gasteiger partial charge in [0.1, 0.15) is 108 Å². The summed E-state index contributed by atoms with van der Waals surface area (Å²) in [4.78, 5) is 51.0. The van der Waals surface area contributed by atoms with E-state index in [0.717, 1.165) is 43.7 Å². The van der Waals surface area contributed by atoms with Gasteiger partial charge in [-0.1, -0.05) is 32.9 Å². The van der Waals surface area contributed by atoms with Crippen molar-refractivity contribution in [1.82, 2.24) is 35.1 Å². The van der Waals surface area contributed by atoms with E-state index in [4.69, 9.17) is 59.8 Å². The molecule has 10 rings (SSSR count). The number of aliphatic hydroxyl groups excluding tert-OH is 8. The third-order valence-corrected chi connectivity index (χ3v) is 27.0. The Labute approximate surface area is 691 Å². The van der Waals surface area contributed by atoms with Gasteiger partial charge < -0.3 is 136 Å². The zero-order valence-corrected chi connectivity index (χ0v) is 75.3. The van der Waals surface area contributed by atoms with E-state index < -0.39 is 145 Å². The van der Waals surface area contributed by atoms with Crippen molar-refractivity contribution in [2.45, 2.75) is 169 Å². The fourth-order valence-electron chi connectivity index (χ4n) is 13.3. The number of ether oxygens (including phenoxy) is 9. The highest BCUT2D eigenvalue weighted by Gasteiger charge is 2.52. The fourth-order valence-corrected chi connectivity index (χ4v) is 18.0. The minimum absolute atomic E-state index is 0.203. The van der Waals surface area contributed by atoms with E-state index in [2.05, 4.69) is 167 Å². The molecule has 0 saturated carbocycles. The number of hydrogen-bond donors (Lipinski definition) is 13. The Balaban J connectivity index is 0.000000227. The maximum absolute atomic E-state index is 11.1. The Kier molecular flexibility index (Phi) is 36.0. The lowest BCUT2D eigenvalue weighted by Crippen LogP contribution is -2.43. The van der Waals surface area contributed by atoms with Crippen molar-refractivity contribution in [2.75, 3.05) is 126 Å². The molecule has 20 atom stereocenters. The molecular weight excluding hydrogens is 1610 g/mol. The molecule has 658 valence electrons. The van der Waals surface area contributed by atoms with Gasteiger partial charge in [0.25, 0.3) is 0 Å². The summed E-state index contributed by atoms with van der Waals surface area (Å²) in [6, 6.07) is 0. The van der Waals surface area contributed by atoms with Gasteiger partial charge >= 0.3 is 0 Å². The standard InChI is InChI=1S/C17H28N3O4P.C16H28N3O4P.C16H26N3O4P.C15H26N3O4P.C14H24N3O3P/c1-11-18-14(19-12(2)21)7-9-20(11)17-16(23-3)15(22)13(24-17)8-10-25(4,5)6;1-10-18-15(17)12(21-2)9-19(10)16-14(22-3)13(20)11(23-16)7-8-24(4,5)6;1-10-17-13(18-11(2)20)6-8-19(10)16-15(22)14(21)12(23-16)7-9-24(3,4)5;1-9-17-14(16)11(21-2)8-18(9)15-13(20)12(19)10(22-15)6-7-23(3,4)5;1-9-16-11(15)5-7-17(9)14-13(19)12(18)10(20-14)6-8-21(2,3)4/h7,9,13,15-17,22H,1,4,8,10H2,2-3,5-6H3,(H,18,19,21);9,11,13-14,16,20H,1,4,7-8H2,2-3,5-6H3,(H2,17,18);6,8,12,14-16,21-22H,1,3,7,9H2,2,4-5H3,(H,17,18,20);8,10,12-13,15,19-20H,1,3,6-7H2,2,4-5H3,(H2,16,17);5,7,10,12-14,18-19H,1-2,6,8H2,3-4H3,(H2,15,16)/t13-,15-,16-,17-;11-,13-,14-,16-;12-,14-,15-,16-;10-,12-,13-,15-;10-,12-,13-,14-/m11111/s1. The minimum atomic E-state index is -1.23. The second-order valence-corrected chi connectivity index (χ2v) is 54.8. The average Bonchev–Trinajstić information content (AvgIpc) is 1.63. The van der Waals surface area contributed by atoms with Crippen LogP contribution >= 0.6 is 34.4 Å². The van der Waals surface area contributed by atoms with E-state index in [-0.39, 0.29) is 35.7 Å². The molecule has 5 saturated heterocycles. The van der Waals surface area contributed by atoms with Crippen LogP contribution in [0.2, 0.25) is 0 Å². The highest BCUT2D eigenvalue weighted by atomic mass is 31.2. The average molecular weight is 1740 g/mol. The van der Waals surface area contributed by atoms with Crippen LogP contribution in [-0.4, -0.2) is 386 Å². The molecule has 117 heavy (non-hydrogen) atoms. The topological polar surface area (TPSA) is 459 Å². The van der Waals surface area contributed by atoms with Crippen LogP contribution in [0.5, 0.6) is 0 Å². The van der Waals surface area contributed by atoms with Crippen LogP contribution in [0.25, 0.3) is 0 Å². The predicted molar refractivity (Wildman–Crippen MR) is 480 cm³/mol. The molecule has 0 aromatic rings. The smallest absolute Gasteiger partial charge is 0.222 e. The lowest BCUT2D eigenvalue weighted by atomic mass is 10.1. The molecule has 0 spiro atoms. The summed E-state index contributed by atoms with van der Waals surface area (Å²) < 4.78 is 51.0. The Bertz CT molecular complexity index is 4170. The molecule has 0 aromatic carbocycles. The number of amides is 2. The molecule has 10 heterocycles. The zero-order chi connectivity index (χ0) is 88.1. The molecule has 0 aromatic heterocycles. The van der Waals surface area contributed by atoms with E-state index in [1.165, 1.54) is 33.0 Å². The SMILES string of the molecule is C=C1N=C(N)C(OC)=CN1[C@@H]1O[C@H](CCP(=C)(C)C)[C@@H](O)[C@H]1O.C=C1N=C(N)C(OC)=CN1[C@@H]1O[C@H](CCP(=C)(C)C)[C@@H](O)[C@H]1OC.C=C1N=C(N)C=CN1[C@@H]1O[C@H](CCP(=C)(C)C)[C@@H](O)[C@H]1O.C=C1N=C(NC(C)=O)C=CN1[C@@H]1O[C@H](CCP(=C)(C)C)[C@@H](O)[C@H]1O.C=C1N=C(NC(C)=O)C=CN1[C@@H]1O[C@H](CCP(=C)(C)C)[C@@H](O)[C@H]1OC. The number of aliphatic hydroxyl groups is 8. The number of amidine groups is 5. The largest absolute Gasteiger partial charge is 0.491 e. The van der Waals surface area contributed by atoms with Crippen LogP contribution in [-0.2, 0) is 52.2 Å². The summed E-state index contributed by atoms with van der Waals surface area (Å²) in [5.41, 5.74) is 17.1. The Morgan fingerprint density at radius 2 is 0.641 bits per heavy atom. The number of hydrogen-bond acceptors (Lipinski definition) is 32. The first-order chi connectivity index (χ1) is 54.2. The van der Waals surface area contributed by atoms with Gasteiger partial charge in [-0.05, 0) is 148 Å². The third-order valence-electron chi connectivity index (χ3n) is 19.7. The van der Waals surface area contributed by atoms with E-state index in [1.807, 2.05) is 0 Å². The lowest BCUT2D eigenvalue weighted by Gasteiger charge is -2.32. The van der Waals surface area contributed by atoms with Crippen LogP contribution in [0, 0.1) is 0 Å². The Morgan fingerprint density at radius 1 is 0.393 bits per heavy atom. The summed E-state index contributed by atoms with van der Waals surface area (Å²) in [7, 11) is 6.09. The maximum atomic E-state index is 11.1. The van der Waals surface area contributed by atoms with Crippen molar-refractivity contribution < 1.29 is 93.1 Å². The minimum Gasteiger partial charge on any atom is -0.491 e. The van der Waals surface area contributed by atoms with Crippen molar-refractivity contribution in [3.63, 3.8) is 0 Å². The van der Waals surface area contributed by atoms with Crippen molar-refractivity contribution in [2.24, 2.45) is 42.2 Å². The van der Waals surface area contributed by atoms with Crippen LogP contribution in [0.3, 0.4) is 0 Å². The number of carbonyl (C=O) groups is 2. The van der Waals surface area contributed by atoms with Crippen molar-refractivity contribution >= 4 is 107 Å². The third kappa shape index (κ3) is 28.6. The zero-order valence-electron chi connectivity index (χ0n) is 70.8. The quantitative estimate of drug-likeness (QED) is 0.0618. The molecule has 10 aliphatic rings. The van der Waals surface area contributed by atoms with Gasteiger partial charge in [0.2, 0.25) is 11.8 Å². The lowest BCUT2D eigenvalue weighted by molar-refractivity contribution is -0.118. The number of nitrogens with zero attached hydrogens (tertiary/aromatic N) is 10. The Morgan fingerprint density at radius 3 is 0.915 bits per heavy atom. The summed E-state index contributed by atoms with van der Waals surface area (Å²) in [5, 5.41) is 87.9. The summed E-state index contributed by atoms with van der Waals surface area (Å²) >= 11 is 0. The van der Waals surface area contributed by atoms with Crippen molar-refractivity contribution in [3.8, 4) is 0 Å². The van der Waals surface area contributed by atoms with Gasteiger partial charge in [0.05, 0.1) is 57.1 Å². The monoisotopic (exact) mass is 1740 g/mol. The van der Waals surface area contributed by atoms with E-state index in [9.17, 15) is 50.4 Å². The molecule has 0 bridgehead atoms. The molecule has 0 aliphatic carbocycles. The van der Waals surface area contributed by atoms with Gasteiger partial charge in [-0.15, -0.1) is 65.9 Å². The second kappa shape index (κ2) is 42.4. The van der Waals surface area contributed by atoms with Gasteiger partial charge in [-0.25, -0.2) is 25.0 Å². The first-order valence-electron chi connectivity index (χ1n) is 38.0. The van der Waals surface area contributed by atoms with Gasteiger partial charge in [0, 0.05) is 46.7 Å². The Hall–Kier alpha value is -6.41. The maximum Gasteiger partial charge on any atom is 0.222 e. The summed E-state index contributed by atoms with van der Waals surface area (Å²) in [5.74, 6) is 3.81. The summed E-state index contributed by atoms with van der Waals surface area (Å²) in [6.45, 7) is 37.4. The normalized spacial score (nSPS) is 31.2. The van der Waals surface area contributed by atoms with Gasteiger partial charge in [-0.2, -0.15) is 0 Å². The van der Waals surface area contributed by atoms with Gasteiger partial charge in [0.15, 0.2) is 54.3 Å². The van der Waals surface area contributed by atoms with Crippen LogP contribution in [0.1, 0.15) is 46.0 Å². The van der Waals surface area contributed by atoms with Crippen LogP contribution < -0.4 is 27.8 Å². The molecule has 39 heteroatoms. The summed E-state index contributed by atoms with van der Waals surface area (Å²) in [6.07, 6.45) is 28.1. The number of nitrogens with two attached hydrogens (primary N) is 3. The molecule has 10 aliphatic heterocycles. The molecule has 5 fully saturated rings. The van der Waals surface area contributed by atoms with E-state index in [0.29, 0.717) is 77.4 Å². The number of carbonyl (C=O) groups excluding carboxylic acids is 2. The number of methoxy groups -OCH3 is 4. The fraction of sp³-hybridized carbons (Fsp3) is 0.590. The first-order valence-corrected chi connectivity index (χ1v) is 53.3. The molecule has 16 N–H and O–H groups in total. The van der Waals surface area contributed by atoms with Gasteiger partial charge in [-0.3, -0.25) is 9.59 Å². The van der Waals surface area contributed by atoms with Crippen LogP contribution in [0.4, 0.5) is 0 Å². The van der Waals surface area contributed by atoms with Crippen LogP contribution in [0.15, 0.2) is 148 Å². The molecule has 0 unspecified atom stereocenters. The number of nitrogens with one attached hydrogen (secondary N) is 2. The predicted octanol–water partition coefficient (Wildman–Crippen LogP) is 2.56. The first kappa shape index (κ1) is 99.4. The highest BCUT2D eigenvalue weighted by Crippen LogP contribution is 2.45.